The molecule has 1 aliphatic heterocycles. The van der Waals surface area contributed by atoms with Gasteiger partial charge in [-0.2, -0.15) is 0 Å². The average molecular weight is 300 g/mol. The Hall–Kier alpha value is -2.21. The summed E-state index contributed by atoms with van der Waals surface area (Å²) in [6.45, 7) is 5.48. The van der Waals surface area contributed by atoms with Crippen molar-refractivity contribution in [3.8, 4) is 0 Å². The van der Waals surface area contributed by atoms with Gasteiger partial charge in [-0.15, -0.1) is 0 Å². The Morgan fingerprint density at radius 1 is 1.27 bits per heavy atom. The van der Waals surface area contributed by atoms with Crippen molar-refractivity contribution in [2.24, 2.45) is 0 Å². The van der Waals surface area contributed by atoms with Crippen molar-refractivity contribution < 1.29 is 4.79 Å². The monoisotopic (exact) mass is 300 g/mol. The summed E-state index contributed by atoms with van der Waals surface area (Å²) in [4.78, 5) is 30.9. The van der Waals surface area contributed by atoms with Gasteiger partial charge in [-0.25, -0.2) is 4.98 Å². The number of para-hydroxylation sites is 1. The van der Waals surface area contributed by atoms with E-state index < -0.39 is 0 Å². The Kier molecular flexibility index (Phi) is 3.94. The van der Waals surface area contributed by atoms with Crippen LogP contribution < -0.4 is 10.9 Å². The fraction of sp³-hybridized carbons (Fsp3) is 0.438. The number of nitrogens with zero attached hydrogens (tertiary/aromatic N) is 3. The first-order valence-corrected chi connectivity index (χ1v) is 7.52. The molecule has 1 aromatic heterocycles. The van der Waals surface area contributed by atoms with Crippen LogP contribution in [0.5, 0.6) is 0 Å². The Bertz CT molecular complexity index is 745. The minimum absolute atomic E-state index is 0.0378. The Morgan fingerprint density at radius 2 is 1.95 bits per heavy atom. The zero-order chi connectivity index (χ0) is 15.7. The van der Waals surface area contributed by atoms with Crippen LogP contribution in [0.1, 0.15) is 13.8 Å². The van der Waals surface area contributed by atoms with Crippen molar-refractivity contribution >= 4 is 16.8 Å². The summed E-state index contributed by atoms with van der Waals surface area (Å²) in [7, 11) is 0. The SMILES string of the molecule is CC1CN(C(=O)Cn2cnc3ccccc3c2=O)CC(C)N1. The van der Waals surface area contributed by atoms with E-state index >= 15 is 0 Å². The molecule has 116 valence electrons. The van der Waals surface area contributed by atoms with E-state index in [2.05, 4.69) is 24.1 Å². The van der Waals surface area contributed by atoms with Crippen LogP contribution in [0.4, 0.5) is 0 Å². The van der Waals surface area contributed by atoms with Crippen LogP contribution in [0.2, 0.25) is 0 Å². The van der Waals surface area contributed by atoms with Crippen LogP contribution in [0.15, 0.2) is 35.4 Å². The van der Waals surface area contributed by atoms with E-state index in [1.54, 1.807) is 18.2 Å². The molecule has 0 aliphatic carbocycles. The van der Waals surface area contributed by atoms with Gasteiger partial charge >= 0.3 is 0 Å². The average Bonchev–Trinajstić information content (AvgIpc) is 2.49. The number of benzene rings is 1. The van der Waals surface area contributed by atoms with Crippen molar-refractivity contribution in [3.05, 3.63) is 40.9 Å². The second-order valence-corrected chi connectivity index (χ2v) is 5.96. The first-order valence-electron chi connectivity index (χ1n) is 7.52. The van der Waals surface area contributed by atoms with Crippen LogP contribution in [-0.4, -0.2) is 45.5 Å². The molecule has 22 heavy (non-hydrogen) atoms. The molecule has 0 saturated carbocycles. The van der Waals surface area contributed by atoms with Crippen LogP contribution in [0.25, 0.3) is 10.9 Å². The number of rotatable bonds is 2. The van der Waals surface area contributed by atoms with Gasteiger partial charge in [0, 0.05) is 25.2 Å². The number of hydrogen-bond acceptors (Lipinski definition) is 4. The van der Waals surface area contributed by atoms with Crippen LogP contribution in [0, 0.1) is 0 Å². The van der Waals surface area contributed by atoms with E-state index in [0.29, 0.717) is 24.0 Å². The lowest BCUT2D eigenvalue weighted by Crippen LogP contribution is -2.56. The maximum absolute atomic E-state index is 12.5. The minimum atomic E-state index is -0.171. The van der Waals surface area contributed by atoms with Gasteiger partial charge in [0.25, 0.3) is 5.56 Å². The molecule has 1 aliphatic rings. The van der Waals surface area contributed by atoms with Gasteiger partial charge in [-0.05, 0) is 26.0 Å². The molecule has 0 radical (unpaired) electrons. The highest BCUT2D eigenvalue weighted by atomic mass is 16.2. The highest BCUT2D eigenvalue weighted by Gasteiger charge is 2.25. The van der Waals surface area contributed by atoms with E-state index in [0.717, 1.165) is 0 Å². The lowest BCUT2D eigenvalue weighted by atomic mass is 10.1. The van der Waals surface area contributed by atoms with Crippen molar-refractivity contribution in [1.29, 1.82) is 0 Å². The smallest absolute Gasteiger partial charge is 0.261 e. The maximum Gasteiger partial charge on any atom is 0.261 e. The van der Waals surface area contributed by atoms with Crippen LogP contribution >= 0.6 is 0 Å². The molecule has 2 aromatic rings. The summed E-state index contributed by atoms with van der Waals surface area (Å²) in [6, 6.07) is 7.70. The summed E-state index contributed by atoms with van der Waals surface area (Å²) < 4.78 is 1.39. The Balaban J connectivity index is 1.82. The number of nitrogens with one attached hydrogen (secondary N) is 1. The maximum atomic E-state index is 12.5. The molecule has 6 heteroatoms. The van der Waals surface area contributed by atoms with E-state index in [-0.39, 0.29) is 30.1 Å². The van der Waals surface area contributed by atoms with E-state index in [1.165, 1.54) is 10.9 Å². The minimum Gasteiger partial charge on any atom is -0.338 e. The van der Waals surface area contributed by atoms with Gasteiger partial charge in [0.05, 0.1) is 17.2 Å². The molecule has 0 spiro atoms. The number of aromatic nitrogens is 2. The lowest BCUT2D eigenvalue weighted by Gasteiger charge is -2.36. The summed E-state index contributed by atoms with van der Waals surface area (Å²) in [5, 5.41) is 3.93. The molecular weight excluding hydrogens is 280 g/mol. The van der Waals surface area contributed by atoms with Crippen molar-refractivity contribution in [2.45, 2.75) is 32.5 Å². The third-order valence-corrected chi connectivity index (χ3v) is 3.95. The molecule has 1 amide bonds. The van der Waals surface area contributed by atoms with Gasteiger partial charge in [0.1, 0.15) is 6.54 Å². The molecule has 1 fully saturated rings. The van der Waals surface area contributed by atoms with Crippen LogP contribution in [-0.2, 0) is 11.3 Å². The number of hydrogen-bond donors (Lipinski definition) is 1. The van der Waals surface area contributed by atoms with Gasteiger partial charge < -0.3 is 10.2 Å². The highest BCUT2D eigenvalue weighted by molar-refractivity contribution is 5.79. The summed E-state index contributed by atoms with van der Waals surface area (Å²) >= 11 is 0. The first kappa shape index (κ1) is 14.7. The summed E-state index contributed by atoms with van der Waals surface area (Å²) in [5.74, 6) is -0.0422. The van der Waals surface area contributed by atoms with E-state index in [9.17, 15) is 9.59 Å². The van der Waals surface area contributed by atoms with Crippen molar-refractivity contribution in [2.75, 3.05) is 13.1 Å². The van der Waals surface area contributed by atoms with Gasteiger partial charge in [0.2, 0.25) is 5.91 Å². The number of carbonyl (C=O) groups is 1. The van der Waals surface area contributed by atoms with Gasteiger partial charge in [-0.1, -0.05) is 12.1 Å². The number of piperazine rings is 1. The summed E-state index contributed by atoms with van der Waals surface area (Å²) in [6.07, 6.45) is 1.46. The number of amides is 1. The van der Waals surface area contributed by atoms with Crippen LogP contribution in [0.3, 0.4) is 0 Å². The van der Waals surface area contributed by atoms with Gasteiger partial charge in [0.15, 0.2) is 0 Å². The van der Waals surface area contributed by atoms with Gasteiger partial charge in [-0.3, -0.25) is 14.2 Å². The third-order valence-electron chi connectivity index (χ3n) is 3.95. The standard InChI is InChI=1S/C16H20N4O2/c1-11-7-19(8-12(2)18-11)15(21)9-20-10-17-14-6-4-3-5-13(14)16(20)22/h3-6,10-12,18H,7-9H2,1-2H3. The first-order chi connectivity index (χ1) is 10.5. The topological polar surface area (TPSA) is 67.2 Å². The molecule has 2 unspecified atom stereocenters. The highest BCUT2D eigenvalue weighted by Crippen LogP contribution is 2.07. The molecule has 1 saturated heterocycles. The second-order valence-electron chi connectivity index (χ2n) is 5.96. The quantitative estimate of drug-likeness (QED) is 0.882. The molecule has 2 heterocycles. The van der Waals surface area contributed by atoms with E-state index in [1.807, 2.05) is 11.0 Å². The molecule has 2 atom stereocenters. The third kappa shape index (κ3) is 2.87. The zero-order valence-electron chi connectivity index (χ0n) is 12.8. The normalized spacial score (nSPS) is 22.0. The zero-order valence-corrected chi connectivity index (χ0v) is 12.8. The lowest BCUT2D eigenvalue weighted by molar-refractivity contribution is -0.133. The molecule has 3 rings (SSSR count). The summed E-state index contributed by atoms with van der Waals surface area (Å²) in [5.41, 5.74) is 0.482. The fourth-order valence-electron chi connectivity index (χ4n) is 2.99. The van der Waals surface area contributed by atoms with E-state index in [4.69, 9.17) is 0 Å². The molecule has 1 aromatic carbocycles. The number of fused-ring (bicyclic) bond motifs is 1. The predicted octanol–water partition coefficient (Wildman–Crippen LogP) is 0.605. The number of carbonyl (C=O) groups excluding carboxylic acids is 1. The molecule has 1 N–H and O–H groups in total. The Morgan fingerprint density at radius 3 is 2.68 bits per heavy atom. The predicted molar refractivity (Wildman–Crippen MR) is 84.6 cm³/mol. The second kappa shape index (κ2) is 5.88. The fourth-order valence-corrected chi connectivity index (χ4v) is 2.99. The van der Waals surface area contributed by atoms with Crippen molar-refractivity contribution in [1.82, 2.24) is 19.8 Å². The van der Waals surface area contributed by atoms with Crippen molar-refractivity contribution in [3.63, 3.8) is 0 Å². The largest absolute Gasteiger partial charge is 0.338 e. The molecule has 6 nitrogen and oxygen atoms in total. The molecular formula is C16H20N4O2. The molecule has 0 bridgehead atoms. The Labute approximate surface area is 128 Å².